The Hall–Kier alpha value is -1.63. The third-order valence-electron chi connectivity index (χ3n) is 4.87. The number of hydroxylamine groups is 2. The summed E-state index contributed by atoms with van der Waals surface area (Å²) in [5, 5.41) is 2.30. The third-order valence-corrected chi connectivity index (χ3v) is 5.12. The number of benzene rings is 1. The van der Waals surface area contributed by atoms with Crippen molar-refractivity contribution in [3.8, 4) is 0 Å². The standard InChI is InChI=1S/C16H18ClNO5/c1-18-13(9-4-6-10(17)7-5-9)16(8-23-18)11(14(19)21-2)12(16)15(20)22-3/h4-7,11-13H,8H2,1-3H3/t11-,12-,13-/m0/s1. The van der Waals surface area contributed by atoms with Crippen molar-refractivity contribution in [3.63, 3.8) is 0 Å². The smallest absolute Gasteiger partial charge is 0.310 e. The molecule has 0 aromatic heterocycles. The molecule has 0 radical (unpaired) electrons. The fourth-order valence-corrected chi connectivity index (χ4v) is 3.94. The molecule has 124 valence electrons. The van der Waals surface area contributed by atoms with Gasteiger partial charge in [-0.2, -0.15) is 5.06 Å². The molecule has 0 bridgehead atoms. The zero-order valence-electron chi connectivity index (χ0n) is 13.1. The fourth-order valence-electron chi connectivity index (χ4n) is 3.81. The summed E-state index contributed by atoms with van der Waals surface area (Å²) in [4.78, 5) is 30.0. The summed E-state index contributed by atoms with van der Waals surface area (Å²) >= 11 is 5.95. The molecule has 1 heterocycles. The molecule has 1 spiro atoms. The fraction of sp³-hybridized carbons (Fsp3) is 0.500. The molecule has 1 saturated heterocycles. The molecular formula is C16H18ClNO5. The van der Waals surface area contributed by atoms with E-state index in [1.165, 1.54) is 14.2 Å². The predicted molar refractivity (Wildman–Crippen MR) is 81.4 cm³/mol. The molecule has 2 aliphatic rings. The van der Waals surface area contributed by atoms with Crippen LogP contribution < -0.4 is 0 Å². The first-order valence-electron chi connectivity index (χ1n) is 7.24. The maximum atomic E-state index is 12.2. The SMILES string of the molecule is COC(=O)[C@@H]1[C@@H](C(=O)OC)C12CON(C)[C@H]2c1ccc(Cl)cc1. The minimum absolute atomic E-state index is 0.257. The van der Waals surface area contributed by atoms with Gasteiger partial charge in [-0.25, -0.2) is 0 Å². The molecule has 23 heavy (non-hydrogen) atoms. The second kappa shape index (κ2) is 5.78. The second-order valence-corrected chi connectivity index (χ2v) is 6.32. The Labute approximate surface area is 139 Å². The summed E-state index contributed by atoms with van der Waals surface area (Å²) in [6.45, 7) is 0.260. The van der Waals surface area contributed by atoms with Gasteiger partial charge in [0.1, 0.15) is 0 Å². The van der Waals surface area contributed by atoms with Crippen LogP contribution in [0.25, 0.3) is 0 Å². The van der Waals surface area contributed by atoms with Crippen LogP contribution in [0.3, 0.4) is 0 Å². The second-order valence-electron chi connectivity index (χ2n) is 5.89. The van der Waals surface area contributed by atoms with Gasteiger partial charge >= 0.3 is 11.9 Å². The lowest BCUT2D eigenvalue weighted by Crippen LogP contribution is -2.25. The van der Waals surface area contributed by atoms with Gasteiger partial charge in [0.05, 0.1) is 38.7 Å². The summed E-state index contributed by atoms with van der Waals surface area (Å²) in [5.74, 6) is -1.99. The van der Waals surface area contributed by atoms with Crippen LogP contribution in [0.1, 0.15) is 11.6 Å². The minimum atomic E-state index is -0.678. The van der Waals surface area contributed by atoms with E-state index in [1.807, 2.05) is 12.1 Å². The first kappa shape index (κ1) is 16.2. The van der Waals surface area contributed by atoms with Gasteiger partial charge in [0.2, 0.25) is 0 Å². The van der Waals surface area contributed by atoms with Crippen LogP contribution in [0, 0.1) is 17.3 Å². The molecule has 0 amide bonds. The lowest BCUT2D eigenvalue weighted by Gasteiger charge is -2.23. The highest BCUT2D eigenvalue weighted by atomic mass is 35.5. The van der Waals surface area contributed by atoms with E-state index >= 15 is 0 Å². The molecule has 1 aliphatic heterocycles. The molecule has 1 aromatic rings. The van der Waals surface area contributed by atoms with Crippen LogP contribution in [-0.2, 0) is 23.9 Å². The molecule has 3 rings (SSSR count). The number of hydrogen-bond donors (Lipinski definition) is 0. The van der Waals surface area contributed by atoms with E-state index in [-0.39, 0.29) is 12.6 Å². The van der Waals surface area contributed by atoms with Gasteiger partial charge in [-0.1, -0.05) is 23.7 Å². The Bertz CT molecular complexity index is 610. The summed E-state index contributed by atoms with van der Waals surface area (Å²) < 4.78 is 9.76. The van der Waals surface area contributed by atoms with Crippen molar-refractivity contribution in [1.29, 1.82) is 0 Å². The summed E-state index contributed by atoms with van der Waals surface area (Å²) in [6, 6.07) is 7.05. The number of methoxy groups -OCH3 is 2. The maximum absolute atomic E-state index is 12.2. The zero-order chi connectivity index (χ0) is 16.8. The van der Waals surface area contributed by atoms with Crippen molar-refractivity contribution in [1.82, 2.24) is 5.06 Å². The number of rotatable bonds is 3. The monoisotopic (exact) mass is 339 g/mol. The number of ether oxygens (including phenoxy) is 2. The number of nitrogens with zero attached hydrogens (tertiary/aromatic N) is 1. The topological polar surface area (TPSA) is 65.1 Å². The van der Waals surface area contributed by atoms with Gasteiger partial charge in [0.25, 0.3) is 0 Å². The Balaban J connectivity index is 2.02. The first-order valence-corrected chi connectivity index (χ1v) is 7.62. The lowest BCUT2D eigenvalue weighted by molar-refractivity contribution is -0.148. The molecule has 2 fully saturated rings. The average Bonchev–Trinajstić information content (AvgIpc) is 3.10. The van der Waals surface area contributed by atoms with E-state index in [0.717, 1.165) is 5.56 Å². The highest BCUT2D eigenvalue weighted by Gasteiger charge is 2.79. The van der Waals surface area contributed by atoms with E-state index in [0.29, 0.717) is 5.02 Å². The van der Waals surface area contributed by atoms with Gasteiger partial charge in [0, 0.05) is 17.5 Å². The van der Waals surface area contributed by atoms with Crippen molar-refractivity contribution in [3.05, 3.63) is 34.9 Å². The van der Waals surface area contributed by atoms with Gasteiger partial charge in [-0.05, 0) is 17.7 Å². The van der Waals surface area contributed by atoms with Gasteiger partial charge in [0.15, 0.2) is 0 Å². The van der Waals surface area contributed by atoms with E-state index < -0.39 is 29.2 Å². The molecule has 7 heteroatoms. The third kappa shape index (κ3) is 2.33. The molecular weight excluding hydrogens is 322 g/mol. The van der Waals surface area contributed by atoms with Crippen LogP contribution in [0.4, 0.5) is 0 Å². The molecule has 6 nitrogen and oxygen atoms in total. The normalized spacial score (nSPS) is 32.8. The number of halogens is 1. The number of hydrogen-bond acceptors (Lipinski definition) is 6. The van der Waals surface area contributed by atoms with Crippen molar-refractivity contribution < 1.29 is 23.9 Å². The van der Waals surface area contributed by atoms with Crippen molar-refractivity contribution in [2.45, 2.75) is 6.04 Å². The van der Waals surface area contributed by atoms with E-state index in [2.05, 4.69) is 0 Å². The number of carbonyl (C=O) groups excluding carboxylic acids is 2. The van der Waals surface area contributed by atoms with Gasteiger partial charge < -0.3 is 9.47 Å². The Morgan fingerprint density at radius 2 is 1.70 bits per heavy atom. The lowest BCUT2D eigenvalue weighted by atomic mass is 9.88. The zero-order valence-corrected chi connectivity index (χ0v) is 13.9. The quantitative estimate of drug-likeness (QED) is 0.783. The van der Waals surface area contributed by atoms with Crippen LogP contribution >= 0.6 is 11.6 Å². The van der Waals surface area contributed by atoms with Crippen molar-refractivity contribution in [2.75, 3.05) is 27.9 Å². The highest BCUT2D eigenvalue weighted by Crippen LogP contribution is 2.70. The summed E-state index contributed by atoms with van der Waals surface area (Å²) in [5.41, 5.74) is 0.248. The van der Waals surface area contributed by atoms with Crippen LogP contribution in [-0.4, -0.2) is 44.9 Å². The van der Waals surface area contributed by atoms with E-state index in [1.54, 1.807) is 24.2 Å². The average molecular weight is 340 g/mol. The first-order chi connectivity index (χ1) is 11.0. The van der Waals surface area contributed by atoms with Gasteiger partial charge in [-0.15, -0.1) is 0 Å². The molecule has 0 unspecified atom stereocenters. The van der Waals surface area contributed by atoms with Crippen LogP contribution in [0.2, 0.25) is 5.02 Å². The molecule has 1 aliphatic carbocycles. The van der Waals surface area contributed by atoms with Crippen LogP contribution in [0.15, 0.2) is 24.3 Å². The summed E-state index contributed by atoms with van der Waals surface area (Å²) in [6.07, 6.45) is 0. The summed E-state index contributed by atoms with van der Waals surface area (Å²) in [7, 11) is 4.42. The van der Waals surface area contributed by atoms with Crippen LogP contribution in [0.5, 0.6) is 0 Å². The minimum Gasteiger partial charge on any atom is -0.469 e. The highest BCUT2D eigenvalue weighted by molar-refractivity contribution is 6.30. The van der Waals surface area contributed by atoms with E-state index in [9.17, 15) is 9.59 Å². The van der Waals surface area contributed by atoms with Gasteiger partial charge in [-0.3, -0.25) is 14.4 Å². The Kier molecular flexibility index (Phi) is 4.08. The Morgan fingerprint density at radius 3 is 2.17 bits per heavy atom. The number of carbonyl (C=O) groups is 2. The maximum Gasteiger partial charge on any atom is 0.310 e. The van der Waals surface area contributed by atoms with Crippen molar-refractivity contribution in [2.24, 2.45) is 17.3 Å². The molecule has 0 N–H and O–H groups in total. The van der Waals surface area contributed by atoms with E-state index in [4.69, 9.17) is 25.9 Å². The number of esters is 2. The Morgan fingerprint density at radius 1 is 1.17 bits per heavy atom. The largest absolute Gasteiger partial charge is 0.469 e. The van der Waals surface area contributed by atoms with Crippen molar-refractivity contribution >= 4 is 23.5 Å². The predicted octanol–water partition coefficient (Wildman–Crippen LogP) is 1.84. The molecule has 3 atom stereocenters. The molecule has 1 aromatic carbocycles. The molecule has 1 saturated carbocycles.